The van der Waals surface area contributed by atoms with Gasteiger partial charge >= 0.3 is 0 Å². The largest absolute Gasteiger partial charge is 0.384 e. The molecule has 24 heavy (non-hydrogen) atoms. The molecule has 4 rings (SSSR count). The van der Waals surface area contributed by atoms with Crippen molar-refractivity contribution in [2.75, 3.05) is 20.3 Å². The van der Waals surface area contributed by atoms with Crippen molar-refractivity contribution in [3.63, 3.8) is 0 Å². The van der Waals surface area contributed by atoms with Crippen molar-refractivity contribution in [2.24, 2.45) is 5.92 Å². The summed E-state index contributed by atoms with van der Waals surface area (Å²) in [5.74, 6) is 0.487. The summed E-state index contributed by atoms with van der Waals surface area (Å²) in [6, 6.07) is 15.2. The first kappa shape index (κ1) is 15.4. The molecule has 3 aromatic rings. The van der Waals surface area contributed by atoms with Crippen LogP contribution in [0.4, 0.5) is 0 Å². The monoisotopic (exact) mass is 321 g/mol. The van der Waals surface area contributed by atoms with Gasteiger partial charge in [-0.15, -0.1) is 0 Å². The second-order valence-electron chi connectivity index (χ2n) is 6.67. The predicted molar refractivity (Wildman–Crippen MR) is 95.7 cm³/mol. The summed E-state index contributed by atoms with van der Waals surface area (Å²) < 4.78 is 7.71. The summed E-state index contributed by atoms with van der Waals surface area (Å²) in [6.45, 7) is 4.69. The van der Waals surface area contributed by atoms with Crippen LogP contribution in [0.25, 0.3) is 10.8 Å². The maximum Gasteiger partial charge on any atom is 0.0948 e. The summed E-state index contributed by atoms with van der Waals surface area (Å²) in [4.78, 5) is 6.85. The van der Waals surface area contributed by atoms with Crippen LogP contribution in [0.5, 0.6) is 0 Å². The zero-order chi connectivity index (χ0) is 16.4. The number of hydrogen-bond acceptors (Lipinski definition) is 3. The Morgan fingerprint density at radius 3 is 2.92 bits per heavy atom. The smallest absolute Gasteiger partial charge is 0.0948 e. The fraction of sp³-hybridized carbons (Fsp3) is 0.350. The zero-order valence-electron chi connectivity index (χ0n) is 14.1. The van der Waals surface area contributed by atoms with E-state index in [1.807, 2.05) is 12.5 Å². The van der Waals surface area contributed by atoms with Crippen LogP contribution in [0.15, 0.2) is 55.0 Å². The lowest BCUT2D eigenvalue weighted by Crippen LogP contribution is -2.29. The molecule has 1 atom stereocenters. The molecule has 2 heterocycles. The Hall–Kier alpha value is -2.17. The van der Waals surface area contributed by atoms with Crippen LogP contribution in [0.1, 0.15) is 11.3 Å². The Bertz CT molecular complexity index is 821. The molecule has 0 radical (unpaired) electrons. The van der Waals surface area contributed by atoms with Gasteiger partial charge in [-0.3, -0.25) is 4.90 Å². The lowest BCUT2D eigenvalue weighted by atomic mass is 10.0. The molecule has 0 saturated carbocycles. The number of fused-ring (bicyclic) bond motifs is 2. The molecule has 4 heteroatoms. The van der Waals surface area contributed by atoms with E-state index in [0.717, 1.165) is 32.8 Å². The molecule has 0 fully saturated rings. The van der Waals surface area contributed by atoms with Crippen LogP contribution in [0.3, 0.4) is 0 Å². The van der Waals surface area contributed by atoms with E-state index in [1.54, 1.807) is 7.11 Å². The summed E-state index contributed by atoms with van der Waals surface area (Å²) in [6.07, 6.45) is 3.94. The van der Waals surface area contributed by atoms with E-state index in [4.69, 9.17) is 4.74 Å². The van der Waals surface area contributed by atoms with Gasteiger partial charge in [0, 0.05) is 45.4 Å². The van der Waals surface area contributed by atoms with Crippen LogP contribution < -0.4 is 0 Å². The van der Waals surface area contributed by atoms with Crippen molar-refractivity contribution < 1.29 is 4.74 Å². The van der Waals surface area contributed by atoms with E-state index in [0.29, 0.717) is 5.92 Å². The number of methoxy groups -OCH3 is 1. The Labute approximate surface area is 142 Å². The molecule has 0 bridgehead atoms. The molecule has 1 aromatic heterocycles. The number of rotatable bonds is 4. The highest BCUT2D eigenvalue weighted by Gasteiger charge is 2.22. The van der Waals surface area contributed by atoms with Gasteiger partial charge in [-0.1, -0.05) is 42.5 Å². The first-order chi connectivity index (χ1) is 11.8. The van der Waals surface area contributed by atoms with E-state index < -0.39 is 0 Å². The lowest BCUT2D eigenvalue weighted by molar-refractivity contribution is 0.115. The van der Waals surface area contributed by atoms with Gasteiger partial charge in [-0.25, -0.2) is 4.98 Å². The number of aromatic nitrogens is 2. The highest BCUT2D eigenvalue weighted by atomic mass is 16.5. The molecule has 0 saturated heterocycles. The quantitative estimate of drug-likeness (QED) is 0.738. The van der Waals surface area contributed by atoms with Crippen LogP contribution >= 0.6 is 0 Å². The molecule has 1 unspecified atom stereocenters. The Morgan fingerprint density at radius 1 is 1.12 bits per heavy atom. The SMILES string of the molecule is COCC1CN(Cc2cccc3ccccc23)Cc2cncn2C1. The van der Waals surface area contributed by atoms with Crippen LogP contribution in [0, 0.1) is 5.92 Å². The van der Waals surface area contributed by atoms with Crippen molar-refractivity contribution in [3.8, 4) is 0 Å². The molecule has 124 valence electrons. The molecule has 0 amide bonds. The van der Waals surface area contributed by atoms with E-state index in [2.05, 4.69) is 56.9 Å². The van der Waals surface area contributed by atoms with Gasteiger partial charge in [0.2, 0.25) is 0 Å². The summed E-state index contributed by atoms with van der Waals surface area (Å²) >= 11 is 0. The minimum Gasteiger partial charge on any atom is -0.384 e. The van der Waals surface area contributed by atoms with Crippen LogP contribution in [0.2, 0.25) is 0 Å². The van der Waals surface area contributed by atoms with Gasteiger partial charge in [-0.05, 0) is 16.3 Å². The Balaban J connectivity index is 1.62. The first-order valence-electron chi connectivity index (χ1n) is 8.50. The maximum atomic E-state index is 5.44. The molecule has 1 aliphatic heterocycles. The van der Waals surface area contributed by atoms with Gasteiger partial charge in [0.25, 0.3) is 0 Å². The Kier molecular flexibility index (Phi) is 4.32. The topological polar surface area (TPSA) is 30.3 Å². The predicted octanol–water partition coefficient (Wildman–Crippen LogP) is 3.31. The summed E-state index contributed by atoms with van der Waals surface area (Å²) in [5, 5.41) is 2.66. The van der Waals surface area contributed by atoms with E-state index in [9.17, 15) is 0 Å². The maximum absolute atomic E-state index is 5.44. The molecule has 0 spiro atoms. The third-order valence-electron chi connectivity index (χ3n) is 4.83. The Morgan fingerprint density at radius 2 is 2.00 bits per heavy atom. The van der Waals surface area contributed by atoms with E-state index in [1.165, 1.54) is 22.0 Å². The molecule has 0 N–H and O–H groups in total. The van der Waals surface area contributed by atoms with Crippen molar-refractivity contribution in [2.45, 2.75) is 19.6 Å². The van der Waals surface area contributed by atoms with Crippen molar-refractivity contribution in [3.05, 3.63) is 66.2 Å². The molecular weight excluding hydrogens is 298 g/mol. The third-order valence-corrected chi connectivity index (χ3v) is 4.83. The van der Waals surface area contributed by atoms with Crippen molar-refractivity contribution in [1.29, 1.82) is 0 Å². The van der Waals surface area contributed by atoms with Gasteiger partial charge in [0.05, 0.1) is 18.6 Å². The van der Waals surface area contributed by atoms with Crippen molar-refractivity contribution in [1.82, 2.24) is 14.5 Å². The average Bonchev–Trinajstić information content (AvgIpc) is 2.95. The fourth-order valence-corrected chi connectivity index (χ4v) is 3.77. The van der Waals surface area contributed by atoms with Crippen LogP contribution in [-0.2, 0) is 24.4 Å². The zero-order valence-corrected chi connectivity index (χ0v) is 14.1. The summed E-state index contributed by atoms with van der Waals surface area (Å²) in [7, 11) is 1.79. The lowest BCUT2D eigenvalue weighted by Gasteiger charge is -2.24. The number of benzene rings is 2. The highest BCUT2D eigenvalue weighted by Crippen LogP contribution is 2.23. The first-order valence-corrected chi connectivity index (χ1v) is 8.50. The van der Waals surface area contributed by atoms with E-state index in [-0.39, 0.29) is 0 Å². The number of nitrogens with zero attached hydrogens (tertiary/aromatic N) is 3. The average molecular weight is 321 g/mol. The highest BCUT2D eigenvalue weighted by molar-refractivity contribution is 5.85. The standard InChI is InChI=1S/C20H23N3O/c1-24-14-16-10-22(13-19-9-21-15-23(19)11-16)12-18-7-4-6-17-5-2-3-8-20(17)18/h2-9,15-16H,10-14H2,1H3. The minimum absolute atomic E-state index is 0.487. The number of imidazole rings is 1. The number of hydrogen-bond donors (Lipinski definition) is 0. The molecular formula is C20H23N3O. The van der Waals surface area contributed by atoms with Gasteiger partial charge in [0.15, 0.2) is 0 Å². The van der Waals surface area contributed by atoms with Gasteiger partial charge < -0.3 is 9.30 Å². The second-order valence-corrected chi connectivity index (χ2v) is 6.67. The van der Waals surface area contributed by atoms with E-state index >= 15 is 0 Å². The number of ether oxygens (including phenoxy) is 1. The molecule has 1 aliphatic rings. The second kappa shape index (κ2) is 6.75. The minimum atomic E-state index is 0.487. The molecule has 4 nitrogen and oxygen atoms in total. The normalized spacial score (nSPS) is 18.5. The van der Waals surface area contributed by atoms with Crippen LogP contribution in [-0.4, -0.2) is 34.7 Å². The third kappa shape index (κ3) is 3.07. The molecule has 2 aromatic carbocycles. The fourth-order valence-electron chi connectivity index (χ4n) is 3.77. The summed E-state index contributed by atoms with van der Waals surface area (Å²) in [5.41, 5.74) is 2.67. The van der Waals surface area contributed by atoms with Gasteiger partial charge in [0.1, 0.15) is 0 Å². The van der Waals surface area contributed by atoms with Gasteiger partial charge in [-0.2, -0.15) is 0 Å². The molecule has 0 aliphatic carbocycles. The van der Waals surface area contributed by atoms with Crippen molar-refractivity contribution >= 4 is 10.8 Å².